The molecular formula is C20H25IN6O. The van der Waals surface area contributed by atoms with E-state index in [1.54, 1.807) is 0 Å². The zero-order chi connectivity index (χ0) is 18.7. The lowest BCUT2D eigenvalue weighted by molar-refractivity contribution is 0.322. The van der Waals surface area contributed by atoms with Crippen LogP contribution < -0.4 is 15.4 Å². The monoisotopic (exact) mass is 492 g/mol. The normalized spacial score (nSPS) is 10.8. The maximum absolute atomic E-state index is 5.69. The van der Waals surface area contributed by atoms with Crippen molar-refractivity contribution in [1.29, 1.82) is 0 Å². The van der Waals surface area contributed by atoms with E-state index in [-0.39, 0.29) is 24.0 Å². The van der Waals surface area contributed by atoms with Gasteiger partial charge in [0.05, 0.1) is 13.1 Å². The number of H-pyrrole nitrogens is 1. The maximum atomic E-state index is 5.69. The van der Waals surface area contributed by atoms with E-state index >= 15 is 0 Å². The number of rotatable bonds is 8. The minimum atomic E-state index is 0. The number of nitrogens with one attached hydrogen (secondary N) is 3. The van der Waals surface area contributed by atoms with Crippen LogP contribution in [0.15, 0.2) is 65.9 Å². The van der Waals surface area contributed by atoms with Gasteiger partial charge in [-0.3, -0.25) is 5.10 Å². The highest BCUT2D eigenvalue weighted by Gasteiger charge is 2.02. The Balaban J connectivity index is 0.00000280. The number of aromatic amines is 1. The molecular weight excluding hydrogens is 467 g/mol. The Morgan fingerprint density at radius 2 is 1.96 bits per heavy atom. The average Bonchev–Trinajstić information content (AvgIpc) is 3.25. The Hall–Kier alpha value is -2.62. The largest absolute Gasteiger partial charge is 0.492 e. The summed E-state index contributed by atoms with van der Waals surface area (Å²) in [5.74, 6) is 2.38. The molecule has 0 saturated carbocycles. The number of guanidine groups is 1. The molecule has 0 amide bonds. The highest BCUT2D eigenvalue weighted by atomic mass is 127. The summed E-state index contributed by atoms with van der Waals surface area (Å²) in [6.45, 7) is 4.64. The van der Waals surface area contributed by atoms with Crippen LogP contribution in [0, 0.1) is 0 Å². The van der Waals surface area contributed by atoms with Crippen LogP contribution in [0.5, 0.6) is 5.75 Å². The molecule has 7 nitrogen and oxygen atoms in total. The summed E-state index contributed by atoms with van der Waals surface area (Å²) in [6.07, 6.45) is 1.50. The summed E-state index contributed by atoms with van der Waals surface area (Å²) in [7, 11) is 0. The summed E-state index contributed by atoms with van der Waals surface area (Å²) >= 11 is 0. The lowest BCUT2D eigenvalue weighted by Crippen LogP contribution is -2.39. The summed E-state index contributed by atoms with van der Waals surface area (Å²) in [5, 5.41) is 13.3. The topological polar surface area (TPSA) is 87.2 Å². The van der Waals surface area contributed by atoms with Crippen LogP contribution in [0.25, 0.3) is 11.4 Å². The molecule has 0 radical (unpaired) electrons. The molecule has 1 aromatic heterocycles. The van der Waals surface area contributed by atoms with Gasteiger partial charge < -0.3 is 15.4 Å². The van der Waals surface area contributed by atoms with E-state index in [4.69, 9.17) is 4.74 Å². The summed E-state index contributed by atoms with van der Waals surface area (Å²) in [4.78, 5) is 8.83. The number of halogens is 1. The first-order valence-electron chi connectivity index (χ1n) is 9.00. The van der Waals surface area contributed by atoms with E-state index in [9.17, 15) is 0 Å². The van der Waals surface area contributed by atoms with Crippen LogP contribution in [-0.2, 0) is 6.54 Å². The van der Waals surface area contributed by atoms with Gasteiger partial charge >= 0.3 is 0 Å². The van der Waals surface area contributed by atoms with Gasteiger partial charge in [0.2, 0.25) is 0 Å². The number of nitrogens with zero attached hydrogens (tertiary/aromatic N) is 3. The molecule has 3 aromatic rings. The number of benzene rings is 2. The molecule has 0 unspecified atom stereocenters. The number of aromatic nitrogens is 3. The van der Waals surface area contributed by atoms with Gasteiger partial charge in [0, 0.05) is 12.1 Å². The Morgan fingerprint density at radius 3 is 2.71 bits per heavy atom. The lowest BCUT2D eigenvalue weighted by Gasteiger charge is -2.12. The molecule has 3 rings (SSSR count). The number of ether oxygens (including phenoxy) is 1. The van der Waals surface area contributed by atoms with Crippen LogP contribution in [0.2, 0.25) is 0 Å². The molecule has 28 heavy (non-hydrogen) atoms. The third-order valence-electron chi connectivity index (χ3n) is 3.79. The molecule has 0 aliphatic heterocycles. The van der Waals surface area contributed by atoms with Crippen molar-refractivity contribution in [3.63, 3.8) is 0 Å². The molecule has 0 aliphatic carbocycles. The first-order valence-corrected chi connectivity index (χ1v) is 9.00. The zero-order valence-corrected chi connectivity index (χ0v) is 18.1. The fourth-order valence-electron chi connectivity index (χ4n) is 2.53. The van der Waals surface area contributed by atoms with Crippen molar-refractivity contribution in [2.75, 3.05) is 19.7 Å². The van der Waals surface area contributed by atoms with Crippen molar-refractivity contribution in [3.8, 4) is 17.1 Å². The Kier molecular flexibility index (Phi) is 9.26. The Bertz CT molecular complexity index is 839. The summed E-state index contributed by atoms with van der Waals surface area (Å²) in [5.41, 5.74) is 2.09. The third kappa shape index (κ3) is 6.84. The van der Waals surface area contributed by atoms with Gasteiger partial charge in [0.25, 0.3) is 0 Å². The van der Waals surface area contributed by atoms with Crippen molar-refractivity contribution < 1.29 is 4.74 Å². The fourth-order valence-corrected chi connectivity index (χ4v) is 2.53. The van der Waals surface area contributed by atoms with Crippen molar-refractivity contribution in [3.05, 3.63) is 66.5 Å². The quantitative estimate of drug-likeness (QED) is 0.195. The predicted molar refractivity (Wildman–Crippen MR) is 122 cm³/mol. The van der Waals surface area contributed by atoms with Crippen molar-refractivity contribution in [2.45, 2.75) is 13.5 Å². The number of aliphatic imine (C=N–C) groups is 1. The standard InChI is InChI=1S/C20H24N6O.HI/c1-2-21-20(22-11-12-27-18-9-4-3-5-10-18)23-14-16-7-6-8-17(13-16)19-24-15-25-26-19;/h3-10,13,15H,2,11-12,14H2,1H3,(H2,21,22,23)(H,24,25,26);1H. The minimum Gasteiger partial charge on any atom is -0.492 e. The molecule has 0 spiro atoms. The van der Waals surface area contributed by atoms with Crippen molar-refractivity contribution >= 4 is 29.9 Å². The molecule has 8 heteroatoms. The van der Waals surface area contributed by atoms with Gasteiger partial charge in [-0.25, -0.2) is 9.98 Å². The second-order valence-corrected chi connectivity index (χ2v) is 5.82. The van der Waals surface area contributed by atoms with E-state index in [2.05, 4.69) is 36.9 Å². The van der Waals surface area contributed by atoms with E-state index in [1.165, 1.54) is 6.33 Å². The van der Waals surface area contributed by atoms with Gasteiger partial charge in [0.1, 0.15) is 18.7 Å². The molecule has 0 fully saturated rings. The molecule has 1 heterocycles. The first kappa shape index (κ1) is 21.7. The summed E-state index contributed by atoms with van der Waals surface area (Å²) in [6, 6.07) is 17.9. The van der Waals surface area contributed by atoms with Crippen LogP contribution in [0.4, 0.5) is 0 Å². The van der Waals surface area contributed by atoms with Crippen LogP contribution >= 0.6 is 24.0 Å². The van der Waals surface area contributed by atoms with E-state index in [1.807, 2.05) is 55.5 Å². The molecule has 0 atom stereocenters. The number of hydrogen-bond donors (Lipinski definition) is 3. The van der Waals surface area contributed by atoms with E-state index in [0.717, 1.165) is 35.2 Å². The minimum absolute atomic E-state index is 0. The van der Waals surface area contributed by atoms with Gasteiger partial charge in [-0.05, 0) is 30.7 Å². The third-order valence-corrected chi connectivity index (χ3v) is 3.79. The SMILES string of the molecule is CCNC(=NCc1cccc(-c2ncn[nH]2)c1)NCCOc1ccccc1.I. The smallest absolute Gasteiger partial charge is 0.191 e. The fraction of sp³-hybridized carbons (Fsp3) is 0.250. The Labute approximate surface area is 182 Å². The van der Waals surface area contributed by atoms with Gasteiger partial charge in [-0.2, -0.15) is 5.10 Å². The van der Waals surface area contributed by atoms with Gasteiger partial charge in [-0.15, -0.1) is 24.0 Å². The molecule has 0 aliphatic rings. The van der Waals surface area contributed by atoms with Crippen molar-refractivity contribution in [2.24, 2.45) is 4.99 Å². The summed E-state index contributed by atoms with van der Waals surface area (Å²) < 4.78 is 5.69. The van der Waals surface area contributed by atoms with Gasteiger partial charge in [0.15, 0.2) is 11.8 Å². The molecule has 3 N–H and O–H groups in total. The lowest BCUT2D eigenvalue weighted by atomic mass is 10.1. The van der Waals surface area contributed by atoms with Crippen LogP contribution in [0.1, 0.15) is 12.5 Å². The second-order valence-electron chi connectivity index (χ2n) is 5.82. The molecule has 148 valence electrons. The van der Waals surface area contributed by atoms with E-state index in [0.29, 0.717) is 19.7 Å². The molecule has 2 aromatic carbocycles. The maximum Gasteiger partial charge on any atom is 0.191 e. The van der Waals surface area contributed by atoms with Crippen LogP contribution in [0.3, 0.4) is 0 Å². The van der Waals surface area contributed by atoms with Crippen molar-refractivity contribution in [1.82, 2.24) is 25.8 Å². The first-order chi connectivity index (χ1) is 13.3. The highest BCUT2D eigenvalue weighted by molar-refractivity contribution is 14.0. The number of hydrogen-bond acceptors (Lipinski definition) is 4. The van der Waals surface area contributed by atoms with Gasteiger partial charge in [-0.1, -0.05) is 36.4 Å². The second kappa shape index (κ2) is 12.0. The zero-order valence-electron chi connectivity index (χ0n) is 15.8. The average molecular weight is 492 g/mol. The number of para-hydroxylation sites is 1. The predicted octanol–water partition coefficient (Wildman–Crippen LogP) is 3.22. The van der Waals surface area contributed by atoms with E-state index < -0.39 is 0 Å². The van der Waals surface area contributed by atoms with Crippen LogP contribution in [-0.4, -0.2) is 40.8 Å². The molecule has 0 saturated heterocycles. The molecule has 0 bridgehead atoms. The highest BCUT2D eigenvalue weighted by Crippen LogP contribution is 2.15. The Morgan fingerprint density at radius 1 is 1.11 bits per heavy atom.